The van der Waals surface area contributed by atoms with Crippen molar-refractivity contribution in [1.82, 2.24) is 4.90 Å². The summed E-state index contributed by atoms with van der Waals surface area (Å²) in [4.78, 5) is 15.1. The average Bonchev–Trinajstić information content (AvgIpc) is 2.64. The number of likely N-dealkylation sites (N-methyl/N-ethyl adjacent to an activating group) is 1. The number of hydrogen-bond acceptors (Lipinski definition) is 3. The third-order valence-corrected chi connectivity index (χ3v) is 4.59. The molecule has 0 aliphatic heterocycles. The zero-order valence-corrected chi connectivity index (χ0v) is 13.4. The van der Waals surface area contributed by atoms with Gasteiger partial charge in [0.05, 0.1) is 4.34 Å². The van der Waals surface area contributed by atoms with E-state index in [1.165, 1.54) is 10.4 Å². The summed E-state index contributed by atoms with van der Waals surface area (Å²) >= 11 is 7.66. The summed E-state index contributed by atoms with van der Waals surface area (Å²) in [5, 5.41) is 0. The number of aryl methyl sites for hydroxylation is 1. The molecule has 1 aromatic rings. The molecule has 19 heavy (non-hydrogen) atoms. The fourth-order valence-electron chi connectivity index (χ4n) is 2.27. The van der Waals surface area contributed by atoms with Gasteiger partial charge in [0.25, 0.3) is 0 Å². The van der Waals surface area contributed by atoms with Gasteiger partial charge in [-0.05, 0) is 45.2 Å². The predicted octanol–water partition coefficient (Wildman–Crippen LogP) is 4.13. The highest BCUT2D eigenvalue weighted by Gasteiger charge is 2.29. The van der Waals surface area contributed by atoms with E-state index in [9.17, 15) is 4.79 Å². The van der Waals surface area contributed by atoms with Crippen LogP contribution < -0.4 is 0 Å². The molecular formula is C14H20ClNO2S. The van der Waals surface area contributed by atoms with Crippen molar-refractivity contribution in [1.29, 1.82) is 0 Å². The lowest BCUT2D eigenvalue weighted by Crippen LogP contribution is -2.43. The van der Waals surface area contributed by atoms with Crippen molar-refractivity contribution >= 4 is 29.0 Å². The minimum atomic E-state index is -0.447. The Hall–Kier alpha value is -0.740. The Morgan fingerprint density at radius 3 is 2.84 bits per heavy atom. The number of nitrogens with zero attached hydrogens (tertiary/aromatic N) is 1. The average molecular weight is 302 g/mol. The van der Waals surface area contributed by atoms with Gasteiger partial charge in [0.15, 0.2) is 0 Å². The molecule has 106 valence electrons. The standard InChI is InChI=1S/C14H20ClNO2S/c1-14(2,3)18-13(17)16(4)10-6-5-9-7-12(15)19-11(9)8-10/h7,10H,5-6,8H2,1-4H3/t10-/m1/s1. The van der Waals surface area contributed by atoms with E-state index in [0.717, 1.165) is 23.6 Å². The van der Waals surface area contributed by atoms with Crippen molar-refractivity contribution in [2.45, 2.75) is 51.7 Å². The number of carbonyl (C=O) groups is 1. The van der Waals surface area contributed by atoms with E-state index in [1.54, 1.807) is 16.2 Å². The molecule has 0 fully saturated rings. The van der Waals surface area contributed by atoms with Gasteiger partial charge in [-0.3, -0.25) is 0 Å². The van der Waals surface area contributed by atoms with E-state index in [1.807, 2.05) is 33.9 Å². The summed E-state index contributed by atoms with van der Waals surface area (Å²) in [7, 11) is 1.82. The van der Waals surface area contributed by atoms with E-state index < -0.39 is 5.60 Å². The Bertz CT molecular complexity index is 478. The van der Waals surface area contributed by atoms with Crippen LogP contribution in [-0.2, 0) is 17.6 Å². The van der Waals surface area contributed by atoms with Gasteiger partial charge in [0.1, 0.15) is 5.60 Å². The lowest BCUT2D eigenvalue weighted by Gasteiger charge is -2.32. The molecule has 2 rings (SSSR count). The van der Waals surface area contributed by atoms with Crippen LogP contribution in [0.2, 0.25) is 4.34 Å². The Balaban J connectivity index is 2.02. The van der Waals surface area contributed by atoms with E-state index >= 15 is 0 Å². The molecule has 1 aromatic heterocycles. The van der Waals surface area contributed by atoms with Crippen LogP contribution in [0.25, 0.3) is 0 Å². The number of rotatable bonds is 1. The second kappa shape index (κ2) is 5.33. The maximum atomic E-state index is 12.1. The van der Waals surface area contributed by atoms with Gasteiger partial charge in [-0.1, -0.05) is 11.6 Å². The lowest BCUT2D eigenvalue weighted by atomic mass is 9.94. The molecule has 0 spiro atoms. The second-order valence-corrected chi connectivity index (χ2v) is 7.75. The van der Waals surface area contributed by atoms with Crippen LogP contribution in [-0.4, -0.2) is 29.7 Å². The molecule has 0 aromatic carbocycles. The highest BCUT2D eigenvalue weighted by molar-refractivity contribution is 7.16. The highest BCUT2D eigenvalue weighted by atomic mass is 35.5. The molecule has 3 nitrogen and oxygen atoms in total. The van der Waals surface area contributed by atoms with Crippen LogP contribution in [0.1, 0.15) is 37.6 Å². The molecule has 0 saturated carbocycles. The molecule has 1 amide bonds. The maximum absolute atomic E-state index is 12.1. The molecule has 0 unspecified atom stereocenters. The minimum Gasteiger partial charge on any atom is -0.444 e. The van der Waals surface area contributed by atoms with Gasteiger partial charge in [0.2, 0.25) is 0 Å². The van der Waals surface area contributed by atoms with Crippen LogP contribution in [0.5, 0.6) is 0 Å². The number of carbonyl (C=O) groups excluding carboxylic acids is 1. The summed E-state index contributed by atoms with van der Waals surface area (Å²) in [6, 6.07) is 2.25. The molecule has 0 saturated heterocycles. The Labute approximate surface area is 123 Å². The monoisotopic (exact) mass is 301 g/mol. The Kier molecular flexibility index (Phi) is 4.11. The zero-order valence-electron chi connectivity index (χ0n) is 11.8. The van der Waals surface area contributed by atoms with E-state index in [2.05, 4.69) is 0 Å². The molecule has 0 N–H and O–H groups in total. The summed E-state index contributed by atoms with van der Waals surface area (Å²) in [5.41, 5.74) is 0.890. The lowest BCUT2D eigenvalue weighted by molar-refractivity contribution is 0.0211. The fraction of sp³-hybridized carbons (Fsp3) is 0.643. The minimum absolute atomic E-state index is 0.206. The third kappa shape index (κ3) is 3.63. The van der Waals surface area contributed by atoms with Gasteiger partial charge in [-0.25, -0.2) is 4.79 Å². The molecule has 0 bridgehead atoms. The SMILES string of the molecule is CN(C(=O)OC(C)(C)C)[C@@H]1CCc2cc(Cl)sc2C1. The van der Waals surface area contributed by atoms with Crippen LogP contribution in [0.3, 0.4) is 0 Å². The molecule has 5 heteroatoms. The molecule has 1 atom stereocenters. The summed E-state index contributed by atoms with van der Waals surface area (Å²) in [6.07, 6.45) is 2.58. The molecule has 1 aliphatic carbocycles. The molecule has 1 aliphatic rings. The first-order chi connectivity index (χ1) is 8.76. The van der Waals surface area contributed by atoms with Crippen molar-refractivity contribution in [3.8, 4) is 0 Å². The topological polar surface area (TPSA) is 29.5 Å². The zero-order chi connectivity index (χ0) is 14.2. The van der Waals surface area contributed by atoms with Crippen LogP contribution in [0, 0.1) is 0 Å². The third-order valence-electron chi connectivity index (χ3n) is 3.26. The van der Waals surface area contributed by atoms with Crippen molar-refractivity contribution in [3.63, 3.8) is 0 Å². The quantitative estimate of drug-likeness (QED) is 0.780. The van der Waals surface area contributed by atoms with Gasteiger partial charge >= 0.3 is 6.09 Å². The van der Waals surface area contributed by atoms with Crippen molar-refractivity contribution in [2.24, 2.45) is 0 Å². The highest BCUT2D eigenvalue weighted by Crippen LogP contribution is 2.34. The van der Waals surface area contributed by atoms with Gasteiger partial charge in [0, 0.05) is 24.4 Å². The van der Waals surface area contributed by atoms with Crippen LogP contribution in [0.15, 0.2) is 6.07 Å². The smallest absolute Gasteiger partial charge is 0.410 e. The summed E-state index contributed by atoms with van der Waals surface area (Å²) in [6.45, 7) is 5.66. The van der Waals surface area contributed by atoms with E-state index in [-0.39, 0.29) is 12.1 Å². The van der Waals surface area contributed by atoms with Crippen molar-refractivity contribution < 1.29 is 9.53 Å². The van der Waals surface area contributed by atoms with Crippen molar-refractivity contribution in [3.05, 3.63) is 20.8 Å². The number of hydrogen-bond donors (Lipinski definition) is 0. The Morgan fingerprint density at radius 2 is 2.21 bits per heavy atom. The molecule has 1 heterocycles. The van der Waals surface area contributed by atoms with Gasteiger partial charge in [-0.15, -0.1) is 11.3 Å². The van der Waals surface area contributed by atoms with Gasteiger partial charge < -0.3 is 9.64 Å². The van der Waals surface area contributed by atoms with Crippen molar-refractivity contribution in [2.75, 3.05) is 7.05 Å². The Morgan fingerprint density at radius 1 is 1.53 bits per heavy atom. The number of fused-ring (bicyclic) bond motifs is 1. The number of halogens is 1. The molecule has 0 radical (unpaired) electrons. The number of ether oxygens (including phenoxy) is 1. The van der Waals surface area contributed by atoms with Gasteiger partial charge in [-0.2, -0.15) is 0 Å². The molecular weight excluding hydrogens is 282 g/mol. The first-order valence-electron chi connectivity index (χ1n) is 6.49. The maximum Gasteiger partial charge on any atom is 0.410 e. The first kappa shape index (κ1) is 14.7. The normalized spacial score (nSPS) is 18.9. The second-order valence-electron chi connectivity index (χ2n) is 5.99. The van der Waals surface area contributed by atoms with Crippen LogP contribution >= 0.6 is 22.9 Å². The van der Waals surface area contributed by atoms with E-state index in [4.69, 9.17) is 16.3 Å². The van der Waals surface area contributed by atoms with E-state index in [0.29, 0.717) is 0 Å². The fourth-order valence-corrected chi connectivity index (χ4v) is 3.68. The van der Waals surface area contributed by atoms with Crippen LogP contribution in [0.4, 0.5) is 4.79 Å². The predicted molar refractivity (Wildman–Crippen MR) is 79.1 cm³/mol. The summed E-state index contributed by atoms with van der Waals surface area (Å²) in [5.74, 6) is 0. The summed E-state index contributed by atoms with van der Waals surface area (Å²) < 4.78 is 6.25. The number of amides is 1. The largest absolute Gasteiger partial charge is 0.444 e. The number of thiophene rings is 1. The first-order valence-corrected chi connectivity index (χ1v) is 7.68.